The van der Waals surface area contributed by atoms with E-state index in [9.17, 15) is 18.0 Å². The molecule has 1 atom stereocenters. The Kier molecular flexibility index (Phi) is 6.32. The van der Waals surface area contributed by atoms with Crippen LogP contribution < -0.4 is 10.1 Å². The molecule has 1 aromatic carbocycles. The quantitative estimate of drug-likeness (QED) is 0.747. The minimum Gasteiger partial charge on any atom is -0.480 e. The maximum Gasteiger partial charge on any atom is 0.573 e. The van der Waals surface area contributed by atoms with E-state index in [2.05, 4.69) is 26.0 Å². The van der Waals surface area contributed by atoms with E-state index in [-0.39, 0.29) is 5.69 Å². The number of carboxylic acids is 1. The van der Waals surface area contributed by atoms with Gasteiger partial charge in [0.05, 0.1) is 5.69 Å². The molecule has 0 aromatic heterocycles. The lowest BCUT2D eigenvalue weighted by Gasteiger charge is -2.19. The molecular formula is C13H15BrF3NO3. The number of hydrogen-bond acceptors (Lipinski definition) is 3. The standard InChI is InChI=1S/C13H15BrF3NO3/c1-2-3-4-10(12(19)20)18-9-6-5-8(14)7-11(9)21-13(15,16)17/h5-7,10,18H,2-4H2,1H3,(H,19,20). The highest BCUT2D eigenvalue weighted by molar-refractivity contribution is 9.10. The topological polar surface area (TPSA) is 58.6 Å². The van der Waals surface area contributed by atoms with E-state index in [4.69, 9.17) is 5.11 Å². The van der Waals surface area contributed by atoms with Crippen molar-refractivity contribution in [1.29, 1.82) is 0 Å². The van der Waals surface area contributed by atoms with Gasteiger partial charge in [0, 0.05) is 4.47 Å². The van der Waals surface area contributed by atoms with Crippen LogP contribution in [0.2, 0.25) is 0 Å². The van der Waals surface area contributed by atoms with Crippen molar-refractivity contribution >= 4 is 27.6 Å². The molecule has 0 fully saturated rings. The number of aliphatic carboxylic acids is 1. The third-order valence-corrected chi connectivity index (χ3v) is 3.14. The van der Waals surface area contributed by atoms with Crippen LogP contribution in [0.15, 0.2) is 22.7 Å². The second-order valence-electron chi connectivity index (χ2n) is 4.37. The molecule has 0 heterocycles. The van der Waals surface area contributed by atoms with Crippen molar-refractivity contribution in [2.75, 3.05) is 5.32 Å². The third-order valence-electron chi connectivity index (χ3n) is 2.64. The lowest BCUT2D eigenvalue weighted by Crippen LogP contribution is -2.29. The molecule has 0 spiro atoms. The van der Waals surface area contributed by atoms with Gasteiger partial charge in [-0.1, -0.05) is 35.7 Å². The van der Waals surface area contributed by atoms with Crippen LogP contribution in [-0.4, -0.2) is 23.5 Å². The number of ether oxygens (including phenoxy) is 1. The van der Waals surface area contributed by atoms with Gasteiger partial charge in [-0.05, 0) is 24.6 Å². The van der Waals surface area contributed by atoms with Crippen LogP contribution in [0.3, 0.4) is 0 Å². The summed E-state index contributed by atoms with van der Waals surface area (Å²) in [5, 5.41) is 11.7. The Balaban J connectivity index is 2.97. The van der Waals surface area contributed by atoms with Gasteiger partial charge in [0.15, 0.2) is 5.75 Å². The fraction of sp³-hybridized carbons (Fsp3) is 0.462. The second kappa shape index (κ2) is 7.53. The Bertz CT molecular complexity index is 494. The number of hydrogen-bond donors (Lipinski definition) is 2. The number of carboxylic acid groups (broad SMARTS) is 1. The number of nitrogens with one attached hydrogen (secondary N) is 1. The molecule has 2 N–H and O–H groups in total. The molecule has 1 aromatic rings. The normalized spacial score (nSPS) is 12.8. The van der Waals surface area contributed by atoms with E-state index >= 15 is 0 Å². The first-order chi connectivity index (χ1) is 9.73. The molecule has 8 heteroatoms. The molecule has 118 valence electrons. The lowest BCUT2D eigenvalue weighted by atomic mass is 10.1. The highest BCUT2D eigenvalue weighted by atomic mass is 79.9. The van der Waals surface area contributed by atoms with E-state index in [0.717, 1.165) is 12.5 Å². The number of halogens is 4. The summed E-state index contributed by atoms with van der Waals surface area (Å²) >= 11 is 3.05. The average Bonchev–Trinajstić information content (AvgIpc) is 2.34. The van der Waals surface area contributed by atoms with Crippen LogP contribution in [0.25, 0.3) is 0 Å². The van der Waals surface area contributed by atoms with Gasteiger partial charge in [-0.25, -0.2) is 4.79 Å². The first-order valence-electron chi connectivity index (χ1n) is 6.27. The van der Waals surface area contributed by atoms with Crippen molar-refractivity contribution in [3.63, 3.8) is 0 Å². The Morgan fingerprint density at radius 3 is 2.67 bits per heavy atom. The second-order valence-corrected chi connectivity index (χ2v) is 5.28. The minimum absolute atomic E-state index is 0.0148. The fourth-order valence-corrected chi connectivity index (χ4v) is 2.02. The molecule has 0 saturated heterocycles. The number of carbonyl (C=O) groups is 1. The van der Waals surface area contributed by atoms with Gasteiger partial charge in [0.1, 0.15) is 6.04 Å². The molecule has 0 aliphatic rings. The smallest absolute Gasteiger partial charge is 0.480 e. The molecule has 0 amide bonds. The summed E-state index contributed by atoms with van der Waals surface area (Å²) in [5.74, 6) is -1.59. The molecule has 0 aliphatic carbocycles. The number of anilines is 1. The zero-order chi connectivity index (χ0) is 16.0. The summed E-state index contributed by atoms with van der Waals surface area (Å²) in [7, 11) is 0. The molecule has 0 saturated carbocycles. The molecule has 1 unspecified atom stereocenters. The molecule has 4 nitrogen and oxygen atoms in total. The van der Waals surface area contributed by atoms with E-state index in [1.54, 1.807) is 0 Å². The highest BCUT2D eigenvalue weighted by Gasteiger charge is 2.32. The summed E-state index contributed by atoms with van der Waals surface area (Å²) in [6.07, 6.45) is -3.10. The third kappa shape index (κ3) is 6.24. The molecule has 0 aliphatic heterocycles. The summed E-state index contributed by atoms with van der Waals surface area (Å²) in [6, 6.07) is 3.01. The maximum absolute atomic E-state index is 12.4. The van der Waals surface area contributed by atoms with Gasteiger partial charge < -0.3 is 15.2 Å². The first-order valence-corrected chi connectivity index (χ1v) is 7.07. The van der Waals surface area contributed by atoms with Crippen molar-refractivity contribution in [3.05, 3.63) is 22.7 Å². The van der Waals surface area contributed by atoms with E-state index in [1.165, 1.54) is 12.1 Å². The van der Waals surface area contributed by atoms with Crippen LogP contribution in [0, 0.1) is 0 Å². The molecule has 0 radical (unpaired) electrons. The molecule has 1 rings (SSSR count). The highest BCUT2D eigenvalue weighted by Crippen LogP contribution is 2.33. The van der Waals surface area contributed by atoms with Gasteiger partial charge >= 0.3 is 12.3 Å². The van der Waals surface area contributed by atoms with Crippen LogP contribution in [0.4, 0.5) is 18.9 Å². The van der Waals surface area contributed by atoms with Crippen molar-refractivity contribution in [1.82, 2.24) is 0 Å². The Morgan fingerprint density at radius 1 is 1.48 bits per heavy atom. The SMILES string of the molecule is CCCCC(Nc1ccc(Br)cc1OC(F)(F)F)C(=O)O. The number of benzene rings is 1. The molecular weight excluding hydrogens is 355 g/mol. The van der Waals surface area contributed by atoms with Crippen molar-refractivity contribution in [2.24, 2.45) is 0 Å². The van der Waals surface area contributed by atoms with E-state index in [1.807, 2.05) is 6.92 Å². The van der Waals surface area contributed by atoms with Crippen molar-refractivity contribution < 1.29 is 27.8 Å². The van der Waals surface area contributed by atoms with E-state index < -0.39 is 24.1 Å². The number of alkyl halides is 3. The maximum atomic E-state index is 12.4. The Labute approximate surface area is 128 Å². The Hall–Kier alpha value is -1.44. The van der Waals surface area contributed by atoms with Crippen LogP contribution in [-0.2, 0) is 4.79 Å². The van der Waals surface area contributed by atoms with Gasteiger partial charge in [-0.2, -0.15) is 0 Å². The molecule has 21 heavy (non-hydrogen) atoms. The minimum atomic E-state index is -4.85. The largest absolute Gasteiger partial charge is 0.573 e. The Morgan fingerprint density at radius 2 is 2.14 bits per heavy atom. The predicted octanol–water partition coefficient (Wildman–Crippen LogP) is 4.40. The fourth-order valence-electron chi connectivity index (χ4n) is 1.68. The zero-order valence-corrected chi connectivity index (χ0v) is 12.8. The van der Waals surface area contributed by atoms with Gasteiger partial charge in [-0.15, -0.1) is 13.2 Å². The summed E-state index contributed by atoms with van der Waals surface area (Å²) < 4.78 is 41.4. The number of rotatable bonds is 7. The summed E-state index contributed by atoms with van der Waals surface area (Å²) in [6.45, 7) is 1.90. The predicted molar refractivity (Wildman–Crippen MR) is 75.4 cm³/mol. The van der Waals surface area contributed by atoms with Gasteiger partial charge in [-0.3, -0.25) is 0 Å². The zero-order valence-electron chi connectivity index (χ0n) is 11.2. The number of unbranched alkanes of at least 4 members (excludes halogenated alkanes) is 1. The van der Waals surface area contributed by atoms with Crippen LogP contribution in [0.1, 0.15) is 26.2 Å². The summed E-state index contributed by atoms with van der Waals surface area (Å²) in [5.41, 5.74) is -0.0148. The van der Waals surface area contributed by atoms with Gasteiger partial charge in [0.2, 0.25) is 0 Å². The van der Waals surface area contributed by atoms with Crippen LogP contribution >= 0.6 is 15.9 Å². The lowest BCUT2D eigenvalue weighted by molar-refractivity contribution is -0.274. The van der Waals surface area contributed by atoms with Crippen molar-refractivity contribution in [2.45, 2.75) is 38.6 Å². The monoisotopic (exact) mass is 369 g/mol. The summed E-state index contributed by atoms with van der Waals surface area (Å²) in [4.78, 5) is 11.1. The van der Waals surface area contributed by atoms with Gasteiger partial charge in [0.25, 0.3) is 0 Å². The van der Waals surface area contributed by atoms with Crippen LogP contribution in [0.5, 0.6) is 5.75 Å². The molecule has 0 bridgehead atoms. The van der Waals surface area contributed by atoms with E-state index in [0.29, 0.717) is 17.3 Å². The average molecular weight is 370 g/mol. The first kappa shape index (κ1) is 17.6. The van der Waals surface area contributed by atoms with Crippen molar-refractivity contribution in [3.8, 4) is 5.75 Å².